The molecule has 1 aliphatic heterocycles. The van der Waals surface area contributed by atoms with Gasteiger partial charge in [0.05, 0.1) is 0 Å². The van der Waals surface area contributed by atoms with Crippen LogP contribution in [0.2, 0.25) is 0 Å². The van der Waals surface area contributed by atoms with Crippen molar-refractivity contribution in [3.8, 4) is 0 Å². The SMILES string of the molecule is CSCCCCCNC1CSC(C)C1. The van der Waals surface area contributed by atoms with Gasteiger partial charge in [0.25, 0.3) is 0 Å². The summed E-state index contributed by atoms with van der Waals surface area (Å²) in [6.07, 6.45) is 7.70. The van der Waals surface area contributed by atoms with Gasteiger partial charge in [0.1, 0.15) is 0 Å². The quantitative estimate of drug-likeness (QED) is 0.679. The Bertz CT molecular complexity index is 141. The molecule has 0 aromatic heterocycles. The largest absolute Gasteiger partial charge is 0.313 e. The number of hydrogen-bond donors (Lipinski definition) is 1. The van der Waals surface area contributed by atoms with Gasteiger partial charge in [0.15, 0.2) is 0 Å². The Kier molecular flexibility index (Phi) is 7.17. The smallest absolute Gasteiger partial charge is 0.0168 e. The molecule has 1 saturated heterocycles. The molecule has 0 radical (unpaired) electrons. The third-order valence-electron chi connectivity index (χ3n) is 2.66. The van der Waals surface area contributed by atoms with E-state index in [1.807, 2.05) is 11.8 Å². The van der Waals surface area contributed by atoms with E-state index in [0.29, 0.717) is 0 Å². The van der Waals surface area contributed by atoms with Crippen LogP contribution in [0.25, 0.3) is 0 Å². The summed E-state index contributed by atoms with van der Waals surface area (Å²) in [5.41, 5.74) is 0. The summed E-state index contributed by atoms with van der Waals surface area (Å²) in [6, 6.07) is 0.801. The van der Waals surface area contributed by atoms with Crippen LogP contribution in [0.5, 0.6) is 0 Å². The maximum atomic E-state index is 3.66. The zero-order valence-electron chi connectivity index (χ0n) is 9.42. The van der Waals surface area contributed by atoms with E-state index >= 15 is 0 Å². The summed E-state index contributed by atoms with van der Waals surface area (Å²) in [5, 5.41) is 4.54. The van der Waals surface area contributed by atoms with Crippen LogP contribution in [0.4, 0.5) is 0 Å². The van der Waals surface area contributed by atoms with Crippen LogP contribution >= 0.6 is 23.5 Å². The summed E-state index contributed by atoms with van der Waals surface area (Å²) in [5.74, 6) is 2.66. The van der Waals surface area contributed by atoms with E-state index in [1.165, 1.54) is 43.7 Å². The van der Waals surface area contributed by atoms with Gasteiger partial charge < -0.3 is 5.32 Å². The molecule has 0 saturated carbocycles. The van der Waals surface area contributed by atoms with E-state index in [1.54, 1.807) is 0 Å². The molecule has 0 amide bonds. The van der Waals surface area contributed by atoms with Gasteiger partial charge in [-0.15, -0.1) is 0 Å². The minimum Gasteiger partial charge on any atom is -0.313 e. The molecule has 1 aliphatic rings. The third kappa shape index (κ3) is 5.52. The monoisotopic (exact) mass is 233 g/mol. The topological polar surface area (TPSA) is 12.0 Å². The van der Waals surface area contributed by atoms with Crippen molar-refractivity contribution in [2.45, 2.75) is 43.9 Å². The van der Waals surface area contributed by atoms with Crippen LogP contribution in [0.3, 0.4) is 0 Å². The van der Waals surface area contributed by atoms with Crippen molar-refractivity contribution in [2.75, 3.05) is 24.3 Å². The number of rotatable bonds is 7. The Morgan fingerprint density at radius 1 is 1.36 bits per heavy atom. The molecule has 0 spiro atoms. The molecule has 84 valence electrons. The van der Waals surface area contributed by atoms with Gasteiger partial charge in [0.2, 0.25) is 0 Å². The molecule has 1 nitrogen and oxygen atoms in total. The van der Waals surface area contributed by atoms with Crippen molar-refractivity contribution < 1.29 is 0 Å². The van der Waals surface area contributed by atoms with Crippen molar-refractivity contribution in [3.05, 3.63) is 0 Å². The van der Waals surface area contributed by atoms with E-state index in [4.69, 9.17) is 0 Å². The average molecular weight is 233 g/mol. The van der Waals surface area contributed by atoms with Crippen LogP contribution in [0.1, 0.15) is 32.6 Å². The van der Waals surface area contributed by atoms with E-state index in [9.17, 15) is 0 Å². The number of unbranched alkanes of at least 4 members (excludes halogenated alkanes) is 2. The molecule has 14 heavy (non-hydrogen) atoms. The summed E-state index contributed by atoms with van der Waals surface area (Å²) < 4.78 is 0. The van der Waals surface area contributed by atoms with Crippen molar-refractivity contribution in [2.24, 2.45) is 0 Å². The third-order valence-corrected chi connectivity index (χ3v) is 4.71. The molecular weight excluding hydrogens is 210 g/mol. The first kappa shape index (κ1) is 12.7. The van der Waals surface area contributed by atoms with E-state index in [0.717, 1.165) is 11.3 Å². The predicted molar refractivity (Wildman–Crippen MR) is 70.6 cm³/mol. The molecule has 1 fully saturated rings. The lowest BCUT2D eigenvalue weighted by atomic mass is 10.2. The average Bonchev–Trinajstić information content (AvgIpc) is 2.58. The van der Waals surface area contributed by atoms with Gasteiger partial charge in [-0.25, -0.2) is 0 Å². The zero-order chi connectivity index (χ0) is 10.2. The predicted octanol–water partition coefficient (Wildman–Crippen LogP) is 3.00. The first-order chi connectivity index (χ1) is 6.83. The van der Waals surface area contributed by atoms with E-state index in [2.05, 4.69) is 30.3 Å². The zero-order valence-corrected chi connectivity index (χ0v) is 11.1. The highest BCUT2D eigenvalue weighted by Crippen LogP contribution is 2.25. The lowest BCUT2D eigenvalue weighted by Crippen LogP contribution is -2.29. The van der Waals surface area contributed by atoms with Crippen molar-refractivity contribution in [1.29, 1.82) is 0 Å². The van der Waals surface area contributed by atoms with E-state index in [-0.39, 0.29) is 0 Å². The summed E-state index contributed by atoms with van der Waals surface area (Å²) in [4.78, 5) is 0. The fourth-order valence-corrected chi connectivity index (χ4v) is 3.49. The van der Waals surface area contributed by atoms with Crippen molar-refractivity contribution >= 4 is 23.5 Å². The first-order valence-corrected chi connectivity index (χ1v) is 8.11. The Balaban J connectivity index is 1.84. The fourth-order valence-electron chi connectivity index (χ4n) is 1.81. The Labute approximate surface area is 97.2 Å². The molecule has 0 aromatic rings. The normalized spacial score (nSPS) is 27.0. The van der Waals surface area contributed by atoms with Gasteiger partial charge in [-0.3, -0.25) is 0 Å². The summed E-state index contributed by atoms with van der Waals surface area (Å²) in [7, 11) is 0. The molecule has 0 aromatic carbocycles. The molecular formula is C11H23NS2. The first-order valence-electron chi connectivity index (χ1n) is 5.67. The van der Waals surface area contributed by atoms with Gasteiger partial charge in [-0.05, 0) is 37.8 Å². The maximum absolute atomic E-state index is 3.66. The number of thioether (sulfide) groups is 2. The molecule has 1 rings (SSSR count). The second-order valence-electron chi connectivity index (χ2n) is 4.08. The van der Waals surface area contributed by atoms with Gasteiger partial charge in [-0.2, -0.15) is 23.5 Å². The van der Waals surface area contributed by atoms with E-state index < -0.39 is 0 Å². The van der Waals surface area contributed by atoms with Crippen molar-refractivity contribution in [1.82, 2.24) is 5.32 Å². The Morgan fingerprint density at radius 2 is 2.21 bits per heavy atom. The highest BCUT2D eigenvalue weighted by Gasteiger charge is 2.20. The lowest BCUT2D eigenvalue weighted by Gasteiger charge is -2.10. The minimum absolute atomic E-state index is 0.801. The number of hydrogen-bond acceptors (Lipinski definition) is 3. The van der Waals surface area contributed by atoms with Gasteiger partial charge in [-0.1, -0.05) is 13.3 Å². The molecule has 1 N–H and O–H groups in total. The number of nitrogens with one attached hydrogen (secondary N) is 1. The van der Waals surface area contributed by atoms with Crippen LogP contribution in [-0.2, 0) is 0 Å². The second-order valence-corrected chi connectivity index (χ2v) is 6.54. The lowest BCUT2D eigenvalue weighted by molar-refractivity contribution is 0.519. The van der Waals surface area contributed by atoms with Gasteiger partial charge >= 0.3 is 0 Å². The van der Waals surface area contributed by atoms with Crippen molar-refractivity contribution in [3.63, 3.8) is 0 Å². The summed E-state index contributed by atoms with van der Waals surface area (Å²) >= 11 is 4.07. The Hall–Kier alpha value is 0.660. The molecule has 2 atom stereocenters. The van der Waals surface area contributed by atoms with Crippen LogP contribution < -0.4 is 5.32 Å². The second kappa shape index (κ2) is 7.89. The van der Waals surface area contributed by atoms with Crippen LogP contribution in [0.15, 0.2) is 0 Å². The molecule has 3 heteroatoms. The highest BCUT2D eigenvalue weighted by molar-refractivity contribution is 8.00. The van der Waals surface area contributed by atoms with Crippen LogP contribution in [0, 0.1) is 0 Å². The molecule has 1 heterocycles. The fraction of sp³-hybridized carbons (Fsp3) is 1.00. The highest BCUT2D eigenvalue weighted by atomic mass is 32.2. The maximum Gasteiger partial charge on any atom is 0.0168 e. The molecule has 0 bridgehead atoms. The summed E-state index contributed by atoms with van der Waals surface area (Å²) in [6.45, 7) is 3.57. The van der Waals surface area contributed by atoms with Gasteiger partial charge in [0, 0.05) is 17.0 Å². The standard InChI is InChI=1S/C11H23NS2/c1-10-8-11(9-14-10)12-6-4-3-5-7-13-2/h10-12H,3-9H2,1-2H3. The minimum atomic E-state index is 0.801. The Morgan fingerprint density at radius 3 is 2.86 bits per heavy atom. The molecule has 0 aliphatic carbocycles. The molecule has 2 unspecified atom stereocenters. The van der Waals surface area contributed by atoms with Crippen LogP contribution in [-0.4, -0.2) is 35.6 Å².